The maximum absolute atomic E-state index is 12.7. The molecule has 1 N–H and O–H groups in total. The number of halogens is 1. The van der Waals surface area contributed by atoms with Crippen LogP contribution < -0.4 is 15.6 Å². The molecular formula is C23H20ClN3O3. The fourth-order valence-corrected chi connectivity index (χ4v) is 3.88. The quantitative estimate of drug-likeness (QED) is 0.541. The molecule has 1 aliphatic heterocycles. The fraction of sp³-hybridized carbons (Fsp3) is 0.217. The smallest absolute Gasteiger partial charge is 0.258 e. The van der Waals surface area contributed by atoms with E-state index in [1.54, 1.807) is 35.2 Å². The van der Waals surface area contributed by atoms with Crippen LogP contribution in [0.2, 0.25) is 5.02 Å². The van der Waals surface area contributed by atoms with E-state index >= 15 is 0 Å². The van der Waals surface area contributed by atoms with Gasteiger partial charge < -0.3 is 14.5 Å². The van der Waals surface area contributed by atoms with E-state index in [1.165, 1.54) is 11.6 Å². The number of ether oxygens (including phenoxy) is 1. The van der Waals surface area contributed by atoms with Crippen molar-refractivity contribution in [1.29, 1.82) is 0 Å². The third-order valence-electron chi connectivity index (χ3n) is 5.29. The van der Waals surface area contributed by atoms with Gasteiger partial charge >= 0.3 is 0 Å². The predicted molar refractivity (Wildman–Crippen MR) is 116 cm³/mol. The molecule has 7 heteroatoms. The molecule has 152 valence electrons. The van der Waals surface area contributed by atoms with Crippen LogP contribution in [-0.4, -0.2) is 22.6 Å². The van der Waals surface area contributed by atoms with Gasteiger partial charge in [-0.05, 0) is 43.3 Å². The van der Waals surface area contributed by atoms with E-state index in [1.807, 2.05) is 18.2 Å². The summed E-state index contributed by atoms with van der Waals surface area (Å²) in [5.41, 5.74) is 3.42. The van der Waals surface area contributed by atoms with Gasteiger partial charge in [0.25, 0.3) is 5.56 Å². The summed E-state index contributed by atoms with van der Waals surface area (Å²) >= 11 is 5.84. The Morgan fingerprint density at radius 1 is 1.13 bits per heavy atom. The highest BCUT2D eigenvalue weighted by atomic mass is 35.5. The molecule has 0 aliphatic carbocycles. The molecule has 0 fully saturated rings. The lowest BCUT2D eigenvalue weighted by molar-refractivity contribution is 0.300. The molecule has 0 radical (unpaired) electrons. The van der Waals surface area contributed by atoms with Gasteiger partial charge in [-0.25, -0.2) is 0 Å². The normalized spacial score (nSPS) is 13.8. The maximum atomic E-state index is 12.7. The molecule has 3 aromatic heterocycles. The van der Waals surface area contributed by atoms with Crippen molar-refractivity contribution in [2.24, 2.45) is 0 Å². The summed E-state index contributed by atoms with van der Waals surface area (Å²) in [7, 11) is 0. The van der Waals surface area contributed by atoms with Crippen LogP contribution in [0.5, 0.6) is 5.75 Å². The predicted octanol–water partition coefficient (Wildman–Crippen LogP) is 3.90. The Morgan fingerprint density at radius 2 is 2.03 bits per heavy atom. The molecule has 0 saturated heterocycles. The highest BCUT2D eigenvalue weighted by molar-refractivity contribution is 6.30. The summed E-state index contributed by atoms with van der Waals surface area (Å²) in [6.07, 6.45) is 5.12. The molecule has 0 bridgehead atoms. The molecule has 30 heavy (non-hydrogen) atoms. The van der Waals surface area contributed by atoms with Crippen molar-refractivity contribution in [3.05, 3.63) is 87.3 Å². The first-order chi connectivity index (χ1) is 14.7. The van der Waals surface area contributed by atoms with Gasteiger partial charge in [0.05, 0.1) is 16.4 Å². The lowest BCUT2D eigenvalue weighted by Crippen LogP contribution is -2.17. The summed E-state index contributed by atoms with van der Waals surface area (Å²) in [5, 5.41) is 5.09. The minimum Gasteiger partial charge on any atom is -0.487 e. The Balaban J connectivity index is 1.39. The number of pyridine rings is 2. The van der Waals surface area contributed by atoms with Gasteiger partial charge in [-0.15, -0.1) is 0 Å². The Hall–Kier alpha value is -3.09. The molecular weight excluding hydrogens is 402 g/mol. The minimum atomic E-state index is -0.173. The maximum Gasteiger partial charge on any atom is 0.258 e. The summed E-state index contributed by atoms with van der Waals surface area (Å²) in [4.78, 5) is 16.9. The van der Waals surface area contributed by atoms with Gasteiger partial charge in [-0.1, -0.05) is 11.6 Å². The van der Waals surface area contributed by atoms with Gasteiger partial charge in [0.1, 0.15) is 23.7 Å². The van der Waals surface area contributed by atoms with Gasteiger partial charge in [0.2, 0.25) is 0 Å². The molecule has 0 saturated carbocycles. The lowest BCUT2D eigenvalue weighted by atomic mass is 10.1. The lowest BCUT2D eigenvalue weighted by Gasteiger charge is -2.09. The molecule has 4 aromatic rings. The highest BCUT2D eigenvalue weighted by Crippen LogP contribution is 2.29. The zero-order valence-electron chi connectivity index (χ0n) is 16.2. The van der Waals surface area contributed by atoms with E-state index in [4.69, 9.17) is 20.8 Å². The van der Waals surface area contributed by atoms with Crippen LogP contribution in [0.25, 0.3) is 16.7 Å². The van der Waals surface area contributed by atoms with Crippen molar-refractivity contribution in [3.63, 3.8) is 0 Å². The monoisotopic (exact) mass is 421 g/mol. The van der Waals surface area contributed by atoms with Crippen molar-refractivity contribution >= 4 is 22.6 Å². The molecule has 0 spiro atoms. The number of hydrogen-bond donors (Lipinski definition) is 1. The molecule has 6 nitrogen and oxygen atoms in total. The van der Waals surface area contributed by atoms with E-state index < -0.39 is 0 Å². The second-order valence-electron chi connectivity index (χ2n) is 7.26. The van der Waals surface area contributed by atoms with Gasteiger partial charge in [0, 0.05) is 48.4 Å². The SMILES string of the molecule is O=c1cc(OCc2ccc(Cl)cn2)ccn1-c1ccc2c3c(oc2c1)CCNCC3. The van der Waals surface area contributed by atoms with Gasteiger partial charge in [-0.3, -0.25) is 14.3 Å². The van der Waals surface area contributed by atoms with E-state index in [2.05, 4.69) is 10.3 Å². The van der Waals surface area contributed by atoms with E-state index in [-0.39, 0.29) is 12.2 Å². The van der Waals surface area contributed by atoms with Gasteiger partial charge in [-0.2, -0.15) is 0 Å². The third-order valence-corrected chi connectivity index (χ3v) is 5.51. The zero-order valence-corrected chi connectivity index (χ0v) is 17.0. The first-order valence-electron chi connectivity index (χ1n) is 9.89. The summed E-state index contributed by atoms with van der Waals surface area (Å²) in [6, 6.07) is 12.7. The first-order valence-corrected chi connectivity index (χ1v) is 10.3. The summed E-state index contributed by atoms with van der Waals surface area (Å²) in [6.45, 7) is 2.14. The Labute approximate surface area is 178 Å². The average Bonchev–Trinajstić information content (AvgIpc) is 2.93. The van der Waals surface area contributed by atoms with Crippen molar-refractivity contribution in [2.45, 2.75) is 19.4 Å². The number of aromatic nitrogens is 2. The number of hydrogen-bond acceptors (Lipinski definition) is 5. The number of furan rings is 1. The number of fused-ring (bicyclic) bond motifs is 3. The summed E-state index contributed by atoms with van der Waals surface area (Å²) < 4.78 is 13.4. The largest absolute Gasteiger partial charge is 0.487 e. The van der Waals surface area contributed by atoms with Crippen molar-refractivity contribution in [1.82, 2.24) is 14.9 Å². The molecule has 5 rings (SSSR count). The number of rotatable bonds is 4. The zero-order chi connectivity index (χ0) is 20.5. The Kier molecular flexibility index (Phi) is 5.02. The molecule has 0 unspecified atom stereocenters. The van der Waals surface area contributed by atoms with Crippen LogP contribution in [0.1, 0.15) is 17.0 Å². The van der Waals surface area contributed by atoms with Crippen molar-refractivity contribution in [3.8, 4) is 11.4 Å². The number of nitrogens with one attached hydrogen (secondary N) is 1. The van der Waals surface area contributed by atoms with E-state index in [0.717, 1.165) is 54.0 Å². The highest BCUT2D eigenvalue weighted by Gasteiger charge is 2.17. The van der Waals surface area contributed by atoms with E-state index in [0.29, 0.717) is 10.8 Å². The average molecular weight is 422 g/mol. The molecule has 0 atom stereocenters. The minimum absolute atomic E-state index is 0.173. The number of nitrogens with zero attached hydrogens (tertiary/aromatic N) is 2. The molecule has 4 heterocycles. The molecule has 1 aliphatic rings. The standard InChI is InChI=1S/C23H20ClN3O3/c24-15-1-2-16(26-13-15)14-29-18-7-10-27(23(28)12-18)17-3-4-19-20-5-8-25-9-6-21(20)30-22(19)11-17/h1-4,7,10-13,25H,5-6,8-9,14H2. The second kappa shape index (κ2) is 7.97. The van der Waals surface area contributed by atoms with Crippen LogP contribution in [0.15, 0.2) is 64.1 Å². The van der Waals surface area contributed by atoms with Gasteiger partial charge in [0.15, 0.2) is 0 Å². The van der Waals surface area contributed by atoms with Crippen LogP contribution in [-0.2, 0) is 19.4 Å². The van der Waals surface area contributed by atoms with Crippen LogP contribution in [0.3, 0.4) is 0 Å². The first kappa shape index (κ1) is 18.9. The number of benzene rings is 1. The second-order valence-corrected chi connectivity index (χ2v) is 7.70. The molecule has 0 amide bonds. The summed E-state index contributed by atoms with van der Waals surface area (Å²) in [5.74, 6) is 1.53. The Morgan fingerprint density at radius 3 is 2.87 bits per heavy atom. The van der Waals surface area contributed by atoms with Crippen LogP contribution >= 0.6 is 11.6 Å². The fourth-order valence-electron chi connectivity index (χ4n) is 3.77. The van der Waals surface area contributed by atoms with E-state index in [9.17, 15) is 4.79 Å². The van der Waals surface area contributed by atoms with Crippen LogP contribution in [0.4, 0.5) is 0 Å². The van der Waals surface area contributed by atoms with Crippen molar-refractivity contribution in [2.75, 3.05) is 13.1 Å². The Bertz CT molecular complexity index is 1260. The third kappa shape index (κ3) is 3.72. The topological polar surface area (TPSA) is 69.3 Å². The van der Waals surface area contributed by atoms with Crippen molar-refractivity contribution < 1.29 is 9.15 Å². The molecule has 1 aromatic carbocycles. The van der Waals surface area contributed by atoms with Crippen LogP contribution in [0, 0.1) is 0 Å².